The minimum atomic E-state index is -0.230. The highest BCUT2D eigenvalue weighted by Crippen LogP contribution is 2.40. The fourth-order valence-corrected chi connectivity index (χ4v) is 2.44. The van der Waals surface area contributed by atoms with Crippen LogP contribution in [0.3, 0.4) is 0 Å². The molecule has 1 aromatic rings. The SMILES string of the molecule is COCC1(CNC(=O)c2n[nH]c(C)c2Cl)CCC1. The summed E-state index contributed by atoms with van der Waals surface area (Å²) in [4.78, 5) is 12.0. The monoisotopic (exact) mass is 271 g/mol. The number of aromatic amines is 1. The van der Waals surface area contributed by atoms with Gasteiger partial charge in [0.25, 0.3) is 5.91 Å². The van der Waals surface area contributed by atoms with Gasteiger partial charge in [-0.25, -0.2) is 0 Å². The maximum Gasteiger partial charge on any atom is 0.273 e. The van der Waals surface area contributed by atoms with Crippen molar-refractivity contribution in [2.75, 3.05) is 20.3 Å². The van der Waals surface area contributed by atoms with Gasteiger partial charge in [0.15, 0.2) is 5.69 Å². The molecule has 0 spiro atoms. The van der Waals surface area contributed by atoms with Gasteiger partial charge in [-0.2, -0.15) is 5.10 Å². The molecular formula is C12H18ClN3O2. The van der Waals surface area contributed by atoms with Crippen molar-refractivity contribution in [3.05, 3.63) is 16.4 Å². The number of aromatic nitrogens is 2. The van der Waals surface area contributed by atoms with Gasteiger partial charge in [0.2, 0.25) is 0 Å². The third kappa shape index (κ3) is 2.52. The summed E-state index contributed by atoms with van der Waals surface area (Å²) in [5, 5.41) is 9.89. The van der Waals surface area contributed by atoms with Crippen molar-refractivity contribution >= 4 is 17.5 Å². The molecule has 1 aromatic heterocycles. The van der Waals surface area contributed by atoms with Gasteiger partial charge in [-0.15, -0.1) is 0 Å². The lowest BCUT2D eigenvalue weighted by Gasteiger charge is -2.41. The van der Waals surface area contributed by atoms with Crippen LogP contribution in [0.5, 0.6) is 0 Å². The maximum absolute atomic E-state index is 12.0. The second-order valence-corrected chi connectivity index (χ2v) is 5.36. The zero-order valence-electron chi connectivity index (χ0n) is 10.7. The third-order valence-corrected chi connectivity index (χ3v) is 4.04. The minimum absolute atomic E-state index is 0.0994. The number of hydrogen-bond acceptors (Lipinski definition) is 3. The Kier molecular flexibility index (Phi) is 3.92. The molecule has 5 nitrogen and oxygen atoms in total. The summed E-state index contributed by atoms with van der Waals surface area (Å²) >= 11 is 5.98. The van der Waals surface area contributed by atoms with Crippen molar-refractivity contribution in [2.24, 2.45) is 5.41 Å². The summed E-state index contributed by atoms with van der Waals surface area (Å²) in [6.07, 6.45) is 3.38. The Balaban J connectivity index is 1.94. The van der Waals surface area contributed by atoms with Gasteiger partial charge in [0, 0.05) is 19.1 Å². The molecule has 0 unspecified atom stereocenters. The number of nitrogens with zero attached hydrogens (tertiary/aromatic N) is 1. The second-order valence-electron chi connectivity index (χ2n) is 4.98. The number of rotatable bonds is 5. The van der Waals surface area contributed by atoms with Crippen LogP contribution in [-0.2, 0) is 4.74 Å². The van der Waals surface area contributed by atoms with E-state index < -0.39 is 0 Å². The first-order chi connectivity index (χ1) is 8.58. The number of halogens is 1. The number of ether oxygens (including phenoxy) is 1. The molecule has 0 aromatic carbocycles. The summed E-state index contributed by atoms with van der Waals surface area (Å²) in [7, 11) is 1.69. The van der Waals surface area contributed by atoms with E-state index in [-0.39, 0.29) is 17.0 Å². The van der Waals surface area contributed by atoms with E-state index in [1.165, 1.54) is 6.42 Å². The largest absolute Gasteiger partial charge is 0.384 e. The molecule has 0 aliphatic heterocycles. The summed E-state index contributed by atoms with van der Waals surface area (Å²) in [6.45, 7) is 3.08. The predicted molar refractivity (Wildman–Crippen MR) is 68.8 cm³/mol. The lowest BCUT2D eigenvalue weighted by atomic mass is 9.69. The Labute approximate surface area is 111 Å². The van der Waals surface area contributed by atoms with Gasteiger partial charge in [-0.05, 0) is 19.8 Å². The first-order valence-corrected chi connectivity index (χ1v) is 6.43. The van der Waals surface area contributed by atoms with E-state index in [9.17, 15) is 4.79 Å². The van der Waals surface area contributed by atoms with E-state index in [2.05, 4.69) is 15.5 Å². The van der Waals surface area contributed by atoms with Crippen LogP contribution in [-0.4, -0.2) is 36.4 Å². The minimum Gasteiger partial charge on any atom is -0.384 e. The number of amides is 1. The molecule has 0 bridgehead atoms. The van der Waals surface area contributed by atoms with Crippen molar-refractivity contribution < 1.29 is 9.53 Å². The van der Waals surface area contributed by atoms with E-state index in [0.717, 1.165) is 12.8 Å². The maximum atomic E-state index is 12.0. The topological polar surface area (TPSA) is 67.0 Å². The molecule has 1 aliphatic carbocycles. The van der Waals surface area contributed by atoms with Crippen LogP contribution in [0, 0.1) is 12.3 Å². The Hall–Kier alpha value is -1.07. The lowest BCUT2D eigenvalue weighted by molar-refractivity contribution is 0.0179. The normalized spacial score (nSPS) is 17.3. The molecule has 1 saturated carbocycles. The second kappa shape index (κ2) is 5.28. The predicted octanol–water partition coefficient (Wildman–Crippen LogP) is 1.92. The van der Waals surface area contributed by atoms with Crippen LogP contribution < -0.4 is 5.32 Å². The van der Waals surface area contributed by atoms with Gasteiger partial charge in [0.05, 0.1) is 17.3 Å². The smallest absolute Gasteiger partial charge is 0.273 e. The van der Waals surface area contributed by atoms with Gasteiger partial charge in [-0.3, -0.25) is 9.89 Å². The number of aryl methyl sites for hydroxylation is 1. The molecule has 6 heteroatoms. The van der Waals surface area contributed by atoms with E-state index in [1.807, 2.05) is 0 Å². The number of carbonyl (C=O) groups excluding carboxylic acids is 1. The molecule has 100 valence electrons. The first kappa shape index (κ1) is 13.4. The standard InChI is InChI=1S/C12H18ClN3O2/c1-8-9(13)10(16-15-8)11(17)14-6-12(7-18-2)4-3-5-12/h3-7H2,1-2H3,(H,14,17)(H,15,16). The molecule has 1 aliphatic rings. The zero-order valence-corrected chi connectivity index (χ0v) is 11.4. The average Bonchev–Trinajstić information content (AvgIpc) is 2.63. The highest BCUT2D eigenvalue weighted by atomic mass is 35.5. The first-order valence-electron chi connectivity index (χ1n) is 6.06. The molecule has 2 N–H and O–H groups in total. The van der Waals surface area contributed by atoms with Crippen molar-refractivity contribution in [2.45, 2.75) is 26.2 Å². The Bertz CT molecular complexity index is 441. The van der Waals surface area contributed by atoms with Crippen LogP contribution in [0.4, 0.5) is 0 Å². The lowest BCUT2D eigenvalue weighted by Crippen LogP contribution is -2.45. The van der Waals surface area contributed by atoms with Crippen LogP contribution in [0.15, 0.2) is 0 Å². The van der Waals surface area contributed by atoms with Gasteiger partial charge < -0.3 is 10.1 Å². The van der Waals surface area contributed by atoms with Crippen molar-refractivity contribution in [1.82, 2.24) is 15.5 Å². The Morgan fingerprint density at radius 2 is 2.33 bits per heavy atom. The van der Waals surface area contributed by atoms with Gasteiger partial charge in [-0.1, -0.05) is 18.0 Å². The van der Waals surface area contributed by atoms with Gasteiger partial charge >= 0.3 is 0 Å². The highest BCUT2D eigenvalue weighted by molar-refractivity contribution is 6.34. The van der Waals surface area contributed by atoms with Gasteiger partial charge in [0.1, 0.15) is 0 Å². The van der Waals surface area contributed by atoms with Crippen LogP contribution in [0.25, 0.3) is 0 Å². The molecule has 0 saturated heterocycles. The summed E-state index contributed by atoms with van der Waals surface area (Å²) in [5.74, 6) is -0.230. The highest BCUT2D eigenvalue weighted by Gasteiger charge is 2.37. The molecule has 1 fully saturated rings. The van der Waals surface area contributed by atoms with E-state index in [1.54, 1.807) is 14.0 Å². The van der Waals surface area contributed by atoms with Crippen LogP contribution >= 0.6 is 11.6 Å². The molecule has 1 amide bonds. The quantitative estimate of drug-likeness (QED) is 0.860. The zero-order chi connectivity index (χ0) is 13.2. The number of nitrogens with one attached hydrogen (secondary N) is 2. The van der Waals surface area contributed by atoms with E-state index in [4.69, 9.17) is 16.3 Å². The van der Waals surface area contributed by atoms with Crippen molar-refractivity contribution in [3.63, 3.8) is 0 Å². The molecule has 2 rings (SSSR count). The Morgan fingerprint density at radius 1 is 1.61 bits per heavy atom. The summed E-state index contributed by atoms with van der Waals surface area (Å²) < 4.78 is 5.22. The number of hydrogen-bond donors (Lipinski definition) is 2. The molecule has 0 atom stereocenters. The molecule has 0 radical (unpaired) electrons. The molecular weight excluding hydrogens is 254 g/mol. The van der Waals surface area contributed by atoms with Crippen LogP contribution in [0.2, 0.25) is 5.02 Å². The van der Waals surface area contributed by atoms with E-state index >= 15 is 0 Å². The number of H-pyrrole nitrogens is 1. The number of carbonyl (C=O) groups is 1. The van der Waals surface area contributed by atoms with Crippen molar-refractivity contribution in [3.8, 4) is 0 Å². The van der Waals surface area contributed by atoms with Crippen LogP contribution in [0.1, 0.15) is 35.4 Å². The average molecular weight is 272 g/mol. The van der Waals surface area contributed by atoms with Crippen molar-refractivity contribution in [1.29, 1.82) is 0 Å². The molecule has 1 heterocycles. The fourth-order valence-electron chi connectivity index (χ4n) is 2.27. The number of methoxy groups -OCH3 is 1. The molecule has 18 heavy (non-hydrogen) atoms. The van der Waals surface area contributed by atoms with E-state index in [0.29, 0.717) is 23.9 Å². The summed E-state index contributed by atoms with van der Waals surface area (Å²) in [5.41, 5.74) is 1.07. The third-order valence-electron chi connectivity index (χ3n) is 3.58. The summed E-state index contributed by atoms with van der Waals surface area (Å²) in [6, 6.07) is 0. The fraction of sp³-hybridized carbons (Fsp3) is 0.667. The Morgan fingerprint density at radius 3 is 2.78 bits per heavy atom.